The summed E-state index contributed by atoms with van der Waals surface area (Å²) in [6, 6.07) is 11.0. The molecule has 0 bridgehead atoms. The van der Waals surface area contributed by atoms with Crippen molar-refractivity contribution >= 4 is 5.91 Å². The molecule has 0 spiro atoms. The Morgan fingerprint density at radius 2 is 1.62 bits per heavy atom. The summed E-state index contributed by atoms with van der Waals surface area (Å²) in [5, 5.41) is 0. The van der Waals surface area contributed by atoms with Gasteiger partial charge in [0.1, 0.15) is 12.4 Å². The third kappa shape index (κ3) is 4.22. The molecule has 138 valence electrons. The molecule has 0 saturated carbocycles. The van der Waals surface area contributed by atoms with Crippen molar-refractivity contribution in [2.24, 2.45) is 0 Å². The Hall–Kier alpha value is -2.41. The fourth-order valence-corrected chi connectivity index (χ4v) is 3.20. The van der Waals surface area contributed by atoms with Gasteiger partial charge in [0.2, 0.25) is 0 Å². The number of rotatable bonds is 3. The Kier molecular flexibility index (Phi) is 5.27. The van der Waals surface area contributed by atoms with Gasteiger partial charge in [0, 0.05) is 11.1 Å². The molecule has 0 unspecified atom stereocenters. The summed E-state index contributed by atoms with van der Waals surface area (Å²) in [5.41, 5.74) is 0.0860. The number of hydrogen-bond donors (Lipinski definition) is 1. The lowest BCUT2D eigenvalue weighted by Gasteiger charge is -2.32. The first kappa shape index (κ1) is 18.4. The second-order valence-electron chi connectivity index (χ2n) is 6.38. The number of amides is 1. The minimum atomic E-state index is -4.36. The predicted molar refractivity (Wildman–Crippen MR) is 88.1 cm³/mol. The molecule has 0 aliphatic carbocycles. The van der Waals surface area contributed by atoms with Crippen LogP contribution in [0.25, 0.3) is 0 Å². The van der Waals surface area contributed by atoms with E-state index in [4.69, 9.17) is 0 Å². The van der Waals surface area contributed by atoms with Crippen molar-refractivity contribution in [3.63, 3.8) is 0 Å². The Morgan fingerprint density at radius 3 is 2.23 bits per heavy atom. The van der Waals surface area contributed by atoms with Crippen LogP contribution in [0.4, 0.5) is 17.6 Å². The summed E-state index contributed by atoms with van der Waals surface area (Å²) in [6.45, 7) is 2.33. The summed E-state index contributed by atoms with van der Waals surface area (Å²) in [7, 11) is 0. The summed E-state index contributed by atoms with van der Waals surface area (Å²) in [4.78, 5) is 15.1. The van der Waals surface area contributed by atoms with Crippen LogP contribution in [-0.2, 0) is 12.7 Å². The lowest BCUT2D eigenvalue weighted by Crippen LogP contribution is -3.13. The second-order valence-corrected chi connectivity index (χ2v) is 6.38. The number of carbonyl (C=O) groups is 1. The normalized spacial score (nSPS) is 15.9. The second kappa shape index (κ2) is 7.45. The van der Waals surface area contributed by atoms with Crippen LogP contribution in [0.1, 0.15) is 21.5 Å². The van der Waals surface area contributed by atoms with Crippen LogP contribution in [0.2, 0.25) is 0 Å². The van der Waals surface area contributed by atoms with Crippen LogP contribution in [0.5, 0.6) is 0 Å². The molecular formula is C19H19F4N2O+. The van der Waals surface area contributed by atoms with Gasteiger partial charge in [-0.05, 0) is 30.3 Å². The number of alkyl halides is 3. The van der Waals surface area contributed by atoms with Crippen molar-refractivity contribution in [1.82, 2.24) is 4.90 Å². The van der Waals surface area contributed by atoms with E-state index in [0.29, 0.717) is 31.7 Å². The predicted octanol–water partition coefficient (Wildman–Crippen LogP) is 2.39. The van der Waals surface area contributed by atoms with Crippen LogP contribution in [0, 0.1) is 5.82 Å². The highest BCUT2D eigenvalue weighted by Gasteiger charge is 2.34. The largest absolute Gasteiger partial charge is 0.416 e. The molecule has 1 aliphatic heterocycles. The first-order valence-corrected chi connectivity index (χ1v) is 8.38. The third-order valence-corrected chi connectivity index (χ3v) is 4.61. The summed E-state index contributed by atoms with van der Waals surface area (Å²) < 4.78 is 52.3. The van der Waals surface area contributed by atoms with Crippen molar-refractivity contribution in [2.75, 3.05) is 26.2 Å². The first-order chi connectivity index (χ1) is 12.3. The maximum absolute atomic E-state index is 13.1. The average molecular weight is 367 g/mol. The number of quaternary nitrogens is 1. The van der Waals surface area contributed by atoms with Crippen molar-refractivity contribution in [2.45, 2.75) is 12.7 Å². The molecule has 3 nitrogen and oxygen atoms in total. The standard InChI is InChI=1S/C19H18F4N2O/c20-16-7-5-14(6-8-16)18(26)25-11-9-24(10-12-25)13-15-3-1-2-4-17(15)19(21,22)23/h1-8H,9-13H2/p+1. The smallest absolute Gasteiger partial charge is 0.328 e. The minimum Gasteiger partial charge on any atom is -0.328 e. The monoisotopic (exact) mass is 367 g/mol. The quantitative estimate of drug-likeness (QED) is 0.828. The fraction of sp³-hybridized carbons (Fsp3) is 0.316. The van der Waals surface area contributed by atoms with E-state index in [1.165, 1.54) is 36.4 Å². The molecule has 0 radical (unpaired) electrons. The van der Waals surface area contributed by atoms with Gasteiger partial charge in [0.15, 0.2) is 0 Å². The number of hydrogen-bond acceptors (Lipinski definition) is 1. The lowest BCUT2D eigenvalue weighted by molar-refractivity contribution is -0.917. The molecule has 26 heavy (non-hydrogen) atoms. The van der Waals surface area contributed by atoms with Gasteiger partial charge in [-0.3, -0.25) is 4.79 Å². The number of piperazine rings is 1. The van der Waals surface area contributed by atoms with E-state index in [2.05, 4.69) is 0 Å². The number of nitrogens with one attached hydrogen (secondary N) is 1. The van der Waals surface area contributed by atoms with Gasteiger partial charge in [-0.15, -0.1) is 0 Å². The van der Waals surface area contributed by atoms with Gasteiger partial charge in [0.05, 0.1) is 31.7 Å². The molecule has 1 heterocycles. The van der Waals surface area contributed by atoms with Gasteiger partial charge >= 0.3 is 6.18 Å². The molecule has 0 aromatic heterocycles. The molecule has 1 amide bonds. The Labute approximate surface area is 148 Å². The van der Waals surface area contributed by atoms with Crippen LogP contribution >= 0.6 is 0 Å². The first-order valence-electron chi connectivity index (χ1n) is 8.38. The zero-order chi connectivity index (χ0) is 18.7. The van der Waals surface area contributed by atoms with Gasteiger partial charge in [-0.1, -0.05) is 18.2 Å². The van der Waals surface area contributed by atoms with E-state index in [1.807, 2.05) is 0 Å². The Bertz CT molecular complexity index is 766. The van der Waals surface area contributed by atoms with E-state index in [1.54, 1.807) is 11.0 Å². The maximum atomic E-state index is 13.1. The summed E-state index contributed by atoms with van der Waals surface area (Å²) in [6.07, 6.45) is -4.36. The van der Waals surface area contributed by atoms with Crippen molar-refractivity contribution in [3.8, 4) is 0 Å². The van der Waals surface area contributed by atoms with Crippen molar-refractivity contribution < 1.29 is 27.3 Å². The van der Waals surface area contributed by atoms with Crippen LogP contribution in [0.15, 0.2) is 48.5 Å². The van der Waals surface area contributed by atoms with E-state index in [0.717, 1.165) is 11.0 Å². The lowest BCUT2D eigenvalue weighted by atomic mass is 10.1. The number of nitrogens with zero attached hydrogens (tertiary/aromatic N) is 1. The van der Waals surface area contributed by atoms with Crippen LogP contribution < -0.4 is 4.90 Å². The number of halogens is 4. The number of benzene rings is 2. The van der Waals surface area contributed by atoms with E-state index in [9.17, 15) is 22.4 Å². The molecule has 1 saturated heterocycles. The highest BCUT2D eigenvalue weighted by Crippen LogP contribution is 2.31. The molecule has 1 N–H and O–H groups in total. The topological polar surface area (TPSA) is 24.8 Å². The van der Waals surface area contributed by atoms with Crippen LogP contribution in [0.3, 0.4) is 0 Å². The third-order valence-electron chi connectivity index (χ3n) is 4.61. The summed E-state index contributed by atoms with van der Waals surface area (Å²) in [5.74, 6) is -0.584. The van der Waals surface area contributed by atoms with E-state index >= 15 is 0 Å². The average Bonchev–Trinajstić information content (AvgIpc) is 2.62. The Balaban J connectivity index is 1.61. The molecule has 2 aromatic carbocycles. The van der Waals surface area contributed by atoms with Gasteiger partial charge < -0.3 is 9.80 Å². The van der Waals surface area contributed by atoms with E-state index < -0.39 is 17.6 Å². The highest BCUT2D eigenvalue weighted by atomic mass is 19.4. The minimum absolute atomic E-state index is 0.181. The van der Waals surface area contributed by atoms with Gasteiger partial charge in [-0.25, -0.2) is 4.39 Å². The van der Waals surface area contributed by atoms with Gasteiger partial charge in [0.25, 0.3) is 5.91 Å². The number of carbonyl (C=O) groups excluding carboxylic acids is 1. The fourth-order valence-electron chi connectivity index (χ4n) is 3.20. The maximum Gasteiger partial charge on any atom is 0.416 e. The van der Waals surface area contributed by atoms with Crippen molar-refractivity contribution in [1.29, 1.82) is 0 Å². The highest BCUT2D eigenvalue weighted by molar-refractivity contribution is 5.94. The Morgan fingerprint density at radius 1 is 1.00 bits per heavy atom. The molecule has 1 fully saturated rings. The molecule has 1 aliphatic rings. The van der Waals surface area contributed by atoms with Crippen molar-refractivity contribution in [3.05, 3.63) is 71.0 Å². The van der Waals surface area contributed by atoms with Gasteiger partial charge in [-0.2, -0.15) is 13.2 Å². The van der Waals surface area contributed by atoms with Crippen LogP contribution in [-0.4, -0.2) is 37.0 Å². The summed E-state index contributed by atoms with van der Waals surface area (Å²) >= 11 is 0. The molecular weight excluding hydrogens is 348 g/mol. The molecule has 0 atom stereocenters. The molecule has 3 rings (SSSR count). The zero-order valence-corrected chi connectivity index (χ0v) is 14.0. The molecule has 7 heteroatoms. The van der Waals surface area contributed by atoms with E-state index in [-0.39, 0.29) is 18.0 Å². The SMILES string of the molecule is O=C(c1ccc(F)cc1)N1CC[NH+](Cc2ccccc2C(F)(F)F)CC1. The molecule has 2 aromatic rings. The zero-order valence-electron chi connectivity index (χ0n) is 14.0.